The van der Waals surface area contributed by atoms with Crippen LogP contribution in [-0.4, -0.2) is 37.6 Å². The maximum absolute atomic E-state index is 3.69. The van der Waals surface area contributed by atoms with Crippen molar-refractivity contribution >= 4 is 0 Å². The third kappa shape index (κ3) is 7.94. The van der Waals surface area contributed by atoms with Gasteiger partial charge in [-0.05, 0) is 56.7 Å². The van der Waals surface area contributed by atoms with Crippen LogP contribution in [0.25, 0.3) is 0 Å². The molecule has 0 aromatic heterocycles. The van der Waals surface area contributed by atoms with Crippen LogP contribution in [0.15, 0.2) is 0 Å². The van der Waals surface area contributed by atoms with Crippen LogP contribution in [0.5, 0.6) is 0 Å². The zero-order valence-electron chi connectivity index (χ0n) is 14.4. The van der Waals surface area contributed by atoms with Crippen LogP contribution < -0.4 is 5.32 Å². The first kappa shape index (κ1) is 18.9. The summed E-state index contributed by atoms with van der Waals surface area (Å²) in [5.74, 6) is 0.744. The van der Waals surface area contributed by atoms with Crippen molar-refractivity contribution in [2.75, 3.05) is 32.7 Å². The van der Waals surface area contributed by atoms with Crippen molar-refractivity contribution in [3.8, 4) is 0 Å². The Kier molecular flexibility index (Phi) is 10.6. The Bertz CT molecular complexity index is 191. The molecule has 2 nitrogen and oxygen atoms in total. The van der Waals surface area contributed by atoms with Gasteiger partial charge < -0.3 is 10.2 Å². The molecule has 0 rings (SSSR count). The van der Waals surface area contributed by atoms with Gasteiger partial charge in [-0.2, -0.15) is 0 Å². The highest BCUT2D eigenvalue weighted by Crippen LogP contribution is 2.27. The Morgan fingerprint density at radius 3 is 1.84 bits per heavy atom. The Labute approximate surface area is 122 Å². The van der Waals surface area contributed by atoms with Gasteiger partial charge in [0.1, 0.15) is 0 Å². The molecule has 0 heterocycles. The Morgan fingerprint density at radius 1 is 0.947 bits per heavy atom. The largest absolute Gasteiger partial charge is 0.316 e. The van der Waals surface area contributed by atoms with E-state index in [4.69, 9.17) is 0 Å². The third-order valence-electron chi connectivity index (χ3n) is 4.19. The molecule has 0 aliphatic carbocycles. The number of hydrogen-bond donors (Lipinski definition) is 1. The van der Waals surface area contributed by atoms with Crippen molar-refractivity contribution in [1.82, 2.24) is 10.2 Å². The van der Waals surface area contributed by atoms with Crippen LogP contribution in [0.1, 0.15) is 67.2 Å². The van der Waals surface area contributed by atoms with Gasteiger partial charge >= 0.3 is 0 Å². The zero-order chi connectivity index (χ0) is 14.7. The molecular formula is C17H38N2. The summed E-state index contributed by atoms with van der Waals surface area (Å²) >= 11 is 0. The number of nitrogens with one attached hydrogen (secondary N) is 1. The highest BCUT2D eigenvalue weighted by Gasteiger charge is 2.28. The minimum absolute atomic E-state index is 0.458. The molecule has 0 aliphatic heterocycles. The molecule has 1 N–H and O–H groups in total. The van der Waals surface area contributed by atoms with Gasteiger partial charge in [-0.25, -0.2) is 0 Å². The normalized spacial score (nSPS) is 12.6. The molecule has 0 aromatic rings. The van der Waals surface area contributed by atoms with E-state index >= 15 is 0 Å². The van der Waals surface area contributed by atoms with E-state index in [1.807, 2.05) is 0 Å². The van der Waals surface area contributed by atoms with E-state index in [1.54, 1.807) is 0 Å². The van der Waals surface area contributed by atoms with Crippen LogP contribution >= 0.6 is 0 Å². The second-order valence-corrected chi connectivity index (χ2v) is 6.51. The molecule has 0 radical (unpaired) electrons. The van der Waals surface area contributed by atoms with Crippen molar-refractivity contribution in [3.63, 3.8) is 0 Å². The summed E-state index contributed by atoms with van der Waals surface area (Å²) in [4.78, 5) is 2.67. The van der Waals surface area contributed by atoms with Gasteiger partial charge in [0.05, 0.1) is 0 Å². The van der Waals surface area contributed by atoms with Crippen molar-refractivity contribution in [2.45, 2.75) is 67.2 Å². The second-order valence-electron chi connectivity index (χ2n) is 6.51. The van der Waals surface area contributed by atoms with Crippen LogP contribution in [0, 0.1) is 11.3 Å². The first-order valence-electron chi connectivity index (χ1n) is 8.46. The lowest BCUT2D eigenvalue weighted by molar-refractivity contribution is 0.133. The first-order chi connectivity index (χ1) is 9.03. The standard InChI is InChI=1S/C17H38N2/c1-7-11-19(12-8-2)15-17(9-3,10-4)14-18-13-16(5)6/h16,18H,7-15H2,1-6H3. The topological polar surface area (TPSA) is 15.3 Å². The van der Waals surface area contributed by atoms with Gasteiger partial charge in [-0.1, -0.05) is 41.5 Å². The van der Waals surface area contributed by atoms with Crippen molar-refractivity contribution < 1.29 is 0 Å². The van der Waals surface area contributed by atoms with Crippen LogP contribution in [0.2, 0.25) is 0 Å². The molecule has 0 bridgehead atoms. The number of hydrogen-bond acceptors (Lipinski definition) is 2. The van der Waals surface area contributed by atoms with Crippen LogP contribution in [-0.2, 0) is 0 Å². The molecular weight excluding hydrogens is 232 g/mol. The van der Waals surface area contributed by atoms with Crippen molar-refractivity contribution in [3.05, 3.63) is 0 Å². The molecule has 2 heteroatoms. The quantitative estimate of drug-likeness (QED) is 0.573. The van der Waals surface area contributed by atoms with Gasteiger partial charge in [0, 0.05) is 13.1 Å². The Balaban J connectivity index is 4.47. The Hall–Kier alpha value is -0.0800. The minimum Gasteiger partial charge on any atom is -0.316 e. The number of rotatable bonds is 12. The highest BCUT2D eigenvalue weighted by atomic mass is 15.1. The monoisotopic (exact) mass is 270 g/mol. The lowest BCUT2D eigenvalue weighted by Crippen LogP contribution is -2.44. The molecule has 0 aromatic carbocycles. The van der Waals surface area contributed by atoms with Crippen LogP contribution in [0.3, 0.4) is 0 Å². The van der Waals surface area contributed by atoms with Crippen LogP contribution in [0.4, 0.5) is 0 Å². The summed E-state index contributed by atoms with van der Waals surface area (Å²) in [6, 6.07) is 0. The van der Waals surface area contributed by atoms with Crippen molar-refractivity contribution in [2.24, 2.45) is 11.3 Å². The SMILES string of the molecule is CCCN(CCC)CC(CC)(CC)CNCC(C)C. The maximum atomic E-state index is 3.69. The van der Waals surface area contributed by atoms with E-state index in [2.05, 4.69) is 51.8 Å². The maximum Gasteiger partial charge on any atom is 0.00499 e. The fraction of sp³-hybridized carbons (Fsp3) is 1.00. The molecule has 116 valence electrons. The molecule has 0 aliphatic rings. The minimum atomic E-state index is 0.458. The summed E-state index contributed by atoms with van der Waals surface area (Å²) in [5, 5.41) is 3.69. The van der Waals surface area contributed by atoms with E-state index in [9.17, 15) is 0 Å². The summed E-state index contributed by atoms with van der Waals surface area (Å²) in [6.45, 7) is 19.9. The summed E-state index contributed by atoms with van der Waals surface area (Å²) in [5.41, 5.74) is 0.458. The lowest BCUT2D eigenvalue weighted by atomic mass is 9.81. The van der Waals surface area contributed by atoms with Crippen molar-refractivity contribution in [1.29, 1.82) is 0 Å². The highest BCUT2D eigenvalue weighted by molar-refractivity contribution is 4.83. The Morgan fingerprint density at radius 2 is 1.47 bits per heavy atom. The summed E-state index contributed by atoms with van der Waals surface area (Å²) in [7, 11) is 0. The van der Waals surface area contributed by atoms with Gasteiger partial charge in [0.2, 0.25) is 0 Å². The van der Waals surface area contributed by atoms with E-state index in [1.165, 1.54) is 51.9 Å². The fourth-order valence-electron chi connectivity index (χ4n) is 2.78. The summed E-state index contributed by atoms with van der Waals surface area (Å²) in [6.07, 6.45) is 5.09. The molecule has 0 atom stereocenters. The number of nitrogens with zero attached hydrogens (tertiary/aromatic N) is 1. The van der Waals surface area contributed by atoms with E-state index < -0.39 is 0 Å². The van der Waals surface area contributed by atoms with Gasteiger partial charge in [-0.15, -0.1) is 0 Å². The van der Waals surface area contributed by atoms with E-state index in [0.29, 0.717) is 5.41 Å². The summed E-state index contributed by atoms with van der Waals surface area (Å²) < 4.78 is 0. The molecule has 19 heavy (non-hydrogen) atoms. The predicted molar refractivity (Wildman–Crippen MR) is 87.7 cm³/mol. The molecule has 0 unspecified atom stereocenters. The van der Waals surface area contributed by atoms with E-state index in [-0.39, 0.29) is 0 Å². The smallest absolute Gasteiger partial charge is 0.00499 e. The van der Waals surface area contributed by atoms with Gasteiger partial charge in [-0.3, -0.25) is 0 Å². The molecule has 0 saturated carbocycles. The average Bonchev–Trinajstić information content (AvgIpc) is 2.37. The zero-order valence-corrected chi connectivity index (χ0v) is 14.4. The lowest BCUT2D eigenvalue weighted by Gasteiger charge is -2.38. The fourth-order valence-corrected chi connectivity index (χ4v) is 2.78. The van der Waals surface area contributed by atoms with Gasteiger partial charge in [0.15, 0.2) is 0 Å². The third-order valence-corrected chi connectivity index (χ3v) is 4.19. The second kappa shape index (κ2) is 10.7. The van der Waals surface area contributed by atoms with Gasteiger partial charge in [0.25, 0.3) is 0 Å². The average molecular weight is 271 g/mol. The predicted octanol–water partition coefficient (Wildman–Crippen LogP) is 4.16. The molecule has 0 spiro atoms. The first-order valence-corrected chi connectivity index (χ1v) is 8.46. The molecule has 0 saturated heterocycles. The van der Waals surface area contributed by atoms with E-state index in [0.717, 1.165) is 12.5 Å². The molecule has 0 fully saturated rings. The molecule has 0 amide bonds.